The molecule has 11 nitrogen and oxygen atoms in total. The van der Waals surface area contributed by atoms with Gasteiger partial charge in [-0.25, -0.2) is 4.39 Å². The number of carbonyl (C=O) groups is 4. The number of hydrogen-bond donors (Lipinski definition) is 2. The topological polar surface area (TPSA) is 135 Å². The Balaban J connectivity index is 1.12. The Morgan fingerprint density at radius 3 is 2.29 bits per heavy atom. The summed E-state index contributed by atoms with van der Waals surface area (Å²) >= 11 is 6.43. The molecule has 0 bridgehead atoms. The third-order valence-corrected chi connectivity index (χ3v) is 13.1. The van der Waals surface area contributed by atoms with Gasteiger partial charge in [0.15, 0.2) is 0 Å². The molecular formula is C50H43ClFN3O8. The summed E-state index contributed by atoms with van der Waals surface area (Å²) in [6, 6.07) is 32.0. The molecule has 2 saturated heterocycles. The van der Waals surface area contributed by atoms with Crippen molar-refractivity contribution in [1.29, 1.82) is 0 Å². The fourth-order valence-electron chi connectivity index (χ4n) is 10.2. The molecule has 0 spiro atoms. The summed E-state index contributed by atoms with van der Waals surface area (Å²) in [7, 11) is 3.19. The van der Waals surface area contributed by atoms with Crippen LogP contribution in [0.4, 0.5) is 15.8 Å². The number of fused-ring (bicyclic) bond motifs is 4. The van der Waals surface area contributed by atoms with Gasteiger partial charge in [-0.2, -0.15) is 5.01 Å². The number of anilines is 2. The zero-order chi connectivity index (χ0) is 44.0. The Morgan fingerprint density at radius 1 is 0.825 bits per heavy atom. The third-order valence-electron chi connectivity index (χ3n) is 12.9. The van der Waals surface area contributed by atoms with Crippen molar-refractivity contribution in [3.63, 3.8) is 0 Å². The molecule has 5 aromatic carbocycles. The van der Waals surface area contributed by atoms with Crippen LogP contribution in [0, 0.1) is 29.5 Å². The van der Waals surface area contributed by atoms with Crippen LogP contribution in [0.25, 0.3) is 12.2 Å². The van der Waals surface area contributed by atoms with Gasteiger partial charge in [0.05, 0.1) is 55.4 Å². The van der Waals surface area contributed by atoms with E-state index in [-0.39, 0.29) is 37.9 Å². The van der Waals surface area contributed by atoms with E-state index in [1.165, 1.54) is 29.2 Å². The van der Waals surface area contributed by atoms with Gasteiger partial charge in [-0.05, 0) is 103 Å². The first kappa shape index (κ1) is 41.6. The summed E-state index contributed by atoms with van der Waals surface area (Å²) in [6.45, 7) is -0.308. The van der Waals surface area contributed by atoms with E-state index in [0.717, 1.165) is 21.7 Å². The second-order valence-electron chi connectivity index (χ2n) is 16.0. The number of rotatable bonds is 12. The molecule has 0 radical (unpaired) electrons. The highest BCUT2D eigenvalue weighted by Gasteiger charge is 2.70. The first-order chi connectivity index (χ1) is 30.6. The molecule has 4 amide bonds. The number of hydrazine groups is 1. The molecule has 1 saturated carbocycles. The molecule has 6 atom stereocenters. The van der Waals surface area contributed by atoms with Crippen LogP contribution in [-0.4, -0.2) is 61.2 Å². The van der Waals surface area contributed by atoms with Crippen molar-refractivity contribution in [2.45, 2.75) is 24.2 Å². The van der Waals surface area contributed by atoms with Crippen molar-refractivity contribution in [2.75, 3.05) is 37.8 Å². The van der Waals surface area contributed by atoms with Crippen LogP contribution in [0.2, 0.25) is 5.02 Å². The standard InChI is InChI=1S/C50H43ClFN3O8/c1-61-36-21-24-42(62-2)30(27-36)10-7-29-8-19-35(20-9-29)54-46(57)39-23-22-37-40(44(39)48(54)59)28-41-47(58)55(53-34-17-15-33(52)16-18-34)49(60)50(41,31-11-13-32(51)14-12-31)45(37)38-5-3-4-6-43(38)63-26-25-56/h3-22,24,27,39-41,44-45,53,56H,23,25-26,28H2,1-2H3/t39-,40+,41-,44-,45+,50+/m0/s1. The van der Waals surface area contributed by atoms with Gasteiger partial charge in [0, 0.05) is 22.1 Å². The average Bonchev–Trinajstić information content (AvgIpc) is 3.69. The smallest absolute Gasteiger partial charge is 0.260 e. The summed E-state index contributed by atoms with van der Waals surface area (Å²) in [4.78, 5) is 61.1. The molecule has 2 aliphatic heterocycles. The van der Waals surface area contributed by atoms with E-state index < -0.39 is 52.6 Å². The lowest BCUT2D eigenvalue weighted by Gasteiger charge is -2.50. The van der Waals surface area contributed by atoms with Crippen molar-refractivity contribution < 1.29 is 42.9 Å². The number of benzene rings is 5. The third kappa shape index (κ3) is 7.03. The number of amides is 4. The van der Waals surface area contributed by atoms with Gasteiger partial charge in [0.1, 0.15) is 29.7 Å². The van der Waals surface area contributed by atoms with E-state index >= 15 is 9.59 Å². The molecule has 2 heterocycles. The van der Waals surface area contributed by atoms with Crippen LogP contribution in [0.3, 0.4) is 0 Å². The molecular weight excluding hydrogens is 825 g/mol. The number of methoxy groups -OCH3 is 2. The maximum absolute atomic E-state index is 15.5. The minimum Gasteiger partial charge on any atom is -0.497 e. The normalized spacial score (nSPS) is 24.0. The number of nitrogens with one attached hydrogen (secondary N) is 1. The summed E-state index contributed by atoms with van der Waals surface area (Å²) in [5.74, 6) is -4.65. The first-order valence-corrected chi connectivity index (χ1v) is 21.0. The minimum atomic E-state index is -1.59. The Bertz CT molecular complexity index is 2670. The first-order valence-electron chi connectivity index (χ1n) is 20.7. The lowest BCUT2D eigenvalue weighted by molar-refractivity contribution is -0.138. The predicted octanol–water partition coefficient (Wildman–Crippen LogP) is 8.23. The maximum Gasteiger partial charge on any atom is 0.260 e. The van der Waals surface area contributed by atoms with Crippen LogP contribution in [0.15, 0.2) is 127 Å². The van der Waals surface area contributed by atoms with E-state index in [2.05, 4.69) is 5.43 Å². The minimum absolute atomic E-state index is 0.0366. The van der Waals surface area contributed by atoms with E-state index in [9.17, 15) is 19.1 Å². The molecule has 13 heteroatoms. The van der Waals surface area contributed by atoms with Crippen molar-refractivity contribution in [1.82, 2.24) is 5.01 Å². The zero-order valence-corrected chi connectivity index (χ0v) is 35.1. The van der Waals surface area contributed by atoms with Crippen molar-refractivity contribution in [2.24, 2.45) is 23.7 Å². The molecule has 4 aliphatic rings. The number of aliphatic hydroxyl groups excluding tert-OH is 1. The quantitative estimate of drug-likeness (QED) is 0.0723. The molecule has 320 valence electrons. The van der Waals surface area contributed by atoms with Crippen LogP contribution < -0.4 is 24.5 Å². The number of ether oxygens (including phenoxy) is 3. The molecule has 5 aromatic rings. The largest absolute Gasteiger partial charge is 0.497 e. The highest BCUT2D eigenvalue weighted by atomic mass is 35.5. The number of allylic oxidation sites excluding steroid dienone is 2. The molecule has 3 fully saturated rings. The van der Waals surface area contributed by atoms with Gasteiger partial charge in [-0.3, -0.25) is 29.5 Å². The van der Waals surface area contributed by atoms with Crippen molar-refractivity contribution >= 4 is 58.8 Å². The van der Waals surface area contributed by atoms with Gasteiger partial charge in [-0.1, -0.05) is 77.9 Å². The Morgan fingerprint density at radius 2 is 1.57 bits per heavy atom. The Labute approximate surface area is 368 Å². The maximum atomic E-state index is 15.5. The summed E-state index contributed by atoms with van der Waals surface area (Å²) in [5, 5.41) is 11.2. The number of aliphatic hydroxyl groups is 1. The van der Waals surface area contributed by atoms with Gasteiger partial charge < -0.3 is 19.3 Å². The summed E-state index contributed by atoms with van der Waals surface area (Å²) < 4.78 is 31.0. The number of imide groups is 2. The van der Waals surface area contributed by atoms with E-state index in [4.69, 9.17) is 25.8 Å². The van der Waals surface area contributed by atoms with Crippen LogP contribution in [0.5, 0.6) is 17.2 Å². The SMILES string of the molecule is COc1ccc(OC)c(C=Cc2ccc(N3C(=O)[C@H]4[C@H](CC=C5[C@H]4C[C@H]4C(=O)N(Nc6ccc(F)cc6)C(=O)[C@@]4(c4ccc(Cl)cc4)[C@H]5c4ccccc4OCCO)C3=O)cc2)c1. The van der Waals surface area contributed by atoms with Crippen molar-refractivity contribution in [3.8, 4) is 17.2 Å². The number of nitrogens with zero attached hydrogens (tertiary/aromatic N) is 2. The molecule has 0 aromatic heterocycles. The summed E-state index contributed by atoms with van der Waals surface area (Å²) in [5.41, 5.74) is 5.59. The Hall–Kier alpha value is -6.76. The average molecular weight is 868 g/mol. The molecule has 2 N–H and O–H groups in total. The molecule has 9 rings (SSSR count). The highest BCUT2D eigenvalue weighted by molar-refractivity contribution is 6.30. The van der Waals surface area contributed by atoms with E-state index in [1.807, 2.05) is 60.7 Å². The number of para-hydroxylation sites is 1. The lowest BCUT2D eigenvalue weighted by Crippen LogP contribution is -2.53. The Kier molecular flexibility index (Phi) is 11.1. The second-order valence-corrected chi connectivity index (χ2v) is 16.5. The number of carbonyl (C=O) groups excluding carboxylic acids is 4. The summed E-state index contributed by atoms with van der Waals surface area (Å²) in [6.07, 6.45) is 6.05. The fraction of sp³-hybridized carbons (Fsp3) is 0.240. The van der Waals surface area contributed by atoms with E-state index in [1.54, 1.807) is 62.8 Å². The molecule has 2 aliphatic carbocycles. The lowest BCUT2D eigenvalue weighted by atomic mass is 9.49. The van der Waals surface area contributed by atoms with Crippen molar-refractivity contribution in [3.05, 3.63) is 160 Å². The number of hydrogen-bond acceptors (Lipinski definition) is 9. The second kappa shape index (κ2) is 16.8. The molecule has 63 heavy (non-hydrogen) atoms. The van der Waals surface area contributed by atoms with Crippen LogP contribution >= 0.6 is 11.6 Å². The van der Waals surface area contributed by atoms with Gasteiger partial charge >= 0.3 is 0 Å². The van der Waals surface area contributed by atoms with Gasteiger partial charge in [0.2, 0.25) is 11.8 Å². The zero-order valence-electron chi connectivity index (χ0n) is 34.4. The fourth-order valence-corrected chi connectivity index (χ4v) is 10.3. The van der Waals surface area contributed by atoms with Gasteiger partial charge in [0.25, 0.3) is 11.8 Å². The van der Waals surface area contributed by atoms with Crippen LogP contribution in [0.1, 0.15) is 41.0 Å². The van der Waals surface area contributed by atoms with E-state index in [0.29, 0.717) is 44.8 Å². The highest BCUT2D eigenvalue weighted by Crippen LogP contribution is 2.65. The number of halogens is 2. The monoisotopic (exact) mass is 867 g/mol. The predicted molar refractivity (Wildman–Crippen MR) is 235 cm³/mol. The molecule has 0 unspecified atom stereocenters. The van der Waals surface area contributed by atoms with Gasteiger partial charge in [-0.15, -0.1) is 0 Å². The van der Waals surface area contributed by atoms with Crippen LogP contribution in [-0.2, 0) is 24.6 Å².